The highest BCUT2D eigenvalue weighted by molar-refractivity contribution is 5.94. The van der Waals surface area contributed by atoms with E-state index in [0.29, 0.717) is 18.7 Å². The summed E-state index contributed by atoms with van der Waals surface area (Å²) < 4.78 is 5.46. The summed E-state index contributed by atoms with van der Waals surface area (Å²) in [5.41, 5.74) is 4.05. The lowest BCUT2D eigenvalue weighted by Crippen LogP contribution is -2.38. The van der Waals surface area contributed by atoms with Gasteiger partial charge in [0.2, 0.25) is 0 Å². The van der Waals surface area contributed by atoms with Crippen LogP contribution in [0.25, 0.3) is 0 Å². The van der Waals surface area contributed by atoms with Gasteiger partial charge in [0.1, 0.15) is 5.75 Å². The van der Waals surface area contributed by atoms with Crippen LogP contribution in [0.3, 0.4) is 0 Å². The molecule has 0 radical (unpaired) electrons. The number of hydrogen-bond acceptors (Lipinski definition) is 3. The Labute approximate surface area is 180 Å². The Hall–Kier alpha value is -3.02. The molecule has 6 nitrogen and oxygen atoms in total. The molecule has 0 aromatic heterocycles. The number of guanidine groups is 1. The molecular formula is C24H34N4O2. The average Bonchev–Trinajstić information content (AvgIpc) is 2.76. The number of rotatable bonds is 10. The van der Waals surface area contributed by atoms with Crippen molar-refractivity contribution in [3.8, 4) is 5.75 Å². The predicted molar refractivity (Wildman–Crippen MR) is 123 cm³/mol. The monoisotopic (exact) mass is 410 g/mol. The molecule has 1 amide bonds. The number of amides is 1. The van der Waals surface area contributed by atoms with E-state index in [4.69, 9.17) is 4.74 Å². The fourth-order valence-corrected chi connectivity index (χ4v) is 3.08. The van der Waals surface area contributed by atoms with Crippen LogP contribution in [0.5, 0.6) is 5.75 Å². The van der Waals surface area contributed by atoms with E-state index in [2.05, 4.69) is 40.0 Å². The summed E-state index contributed by atoms with van der Waals surface area (Å²) in [4.78, 5) is 16.8. The van der Waals surface area contributed by atoms with E-state index < -0.39 is 0 Å². The topological polar surface area (TPSA) is 74.8 Å². The van der Waals surface area contributed by atoms with Crippen molar-refractivity contribution in [2.45, 2.75) is 40.2 Å². The lowest BCUT2D eigenvalue weighted by molar-refractivity contribution is 0.0953. The number of methoxy groups -OCH3 is 1. The number of ether oxygens (including phenoxy) is 1. The smallest absolute Gasteiger partial charge is 0.251 e. The van der Waals surface area contributed by atoms with Crippen LogP contribution in [-0.4, -0.2) is 38.6 Å². The zero-order valence-electron chi connectivity index (χ0n) is 18.5. The van der Waals surface area contributed by atoms with Crippen molar-refractivity contribution >= 4 is 11.9 Å². The molecule has 0 aliphatic heterocycles. The summed E-state index contributed by atoms with van der Waals surface area (Å²) in [5, 5.41) is 9.56. The molecule has 0 aliphatic carbocycles. The van der Waals surface area contributed by atoms with Gasteiger partial charge in [-0.05, 0) is 56.0 Å². The second-order valence-corrected chi connectivity index (χ2v) is 7.14. The fraction of sp³-hybridized carbons (Fsp3) is 0.417. The van der Waals surface area contributed by atoms with Gasteiger partial charge in [0, 0.05) is 25.2 Å². The molecule has 0 atom stereocenters. The standard InChI is InChI=1S/C24H34N4O2/c1-5-13-26-23(29)21-9-7-8-19(16-21)17-28-24(25-6-2)27-14-12-20-15-18(3)10-11-22(20)30-4/h7-11,15-16H,5-6,12-14,17H2,1-4H3,(H,26,29)(H2,25,27,28). The van der Waals surface area contributed by atoms with Gasteiger partial charge in [-0.15, -0.1) is 0 Å². The lowest BCUT2D eigenvalue weighted by atomic mass is 10.1. The van der Waals surface area contributed by atoms with Crippen LogP contribution in [0, 0.1) is 6.92 Å². The maximum atomic E-state index is 12.2. The first-order chi connectivity index (χ1) is 14.6. The van der Waals surface area contributed by atoms with Gasteiger partial charge < -0.3 is 20.7 Å². The first-order valence-corrected chi connectivity index (χ1v) is 10.6. The van der Waals surface area contributed by atoms with Crippen molar-refractivity contribution in [2.75, 3.05) is 26.7 Å². The zero-order valence-corrected chi connectivity index (χ0v) is 18.5. The molecule has 0 spiro atoms. The Morgan fingerprint density at radius 1 is 1.03 bits per heavy atom. The Balaban J connectivity index is 1.98. The van der Waals surface area contributed by atoms with Crippen LogP contribution >= 0.6 is 0 Å². The largest absolute Gasteiger partial charge is 0.496 e. The zero-order chi connectivity index (χ0) is 21.8. The third-order valence-corrected chi connectivity index (χ3v) is 4.61. The molecule has 0 unspecified atom stereocenters. The Morgan fingerprint density at radius 2 is 1.87 bits per heavy atom. The lowest BCUT2D eigenvalue weighted by Gasteiger charge is -2.13. The third-order valence-electron chi connectivity index (χ3n) is 4.61. The van der Waals surface area contributed by atoms with Crippen LogP contribution in [0.2, 0.25) is 0 Å². The van der Waals surface area contributed by atoms with E-state index in [1.807, 2.05) is 44.2 Å². The summed E-state index contributed by atoms with van der Waals surface area (Å²) in [6, 6.07) is 13.8. The number of nitrogens with zero attached hydrogens (tertiary/aromatic N) is 1. The van der Waals surface area contributed by atoms with Crippen molar-refractivity contribution in [1.29, 1.82) is 0 Å². The average molecular weight is 411 g/mol. The summed E-state index contributed by atoms with van der Waals surface area (Å²) in [5.74, 6) is 1.62. The first-order valence-electron chi connectivity index (χ1n) is 10.6. The molecule has 2 aromatic carbocycles. The van der Waals surface area contributed by atoms with E-state index in [0.717, 1.165) is 43.2 Å². The SMILES string of the molecule is CCCNC(=O)c1cccc(CN=C(NCC)NCCc2cc(C)ccc2OC)c1. The maximum absolute atomic E-state index is 12.2. The minimum Gasteiger partial charge on any atom is -0.496 e. The van der Waals surface area contributed by atoms with Gasteiger partial charge in [0.05, 0.1) is 13.7 Å². The van der Waals surface area contributed by atoms with E-state index in [1.54, 1.807) is 7.11 Å². The highest BCUT2D eigenvalue weighted by Crippen LogP contribution is 2.19. The minimum atomic E-state index is -0.0418. The number of benzene rings is 2. The number of carbonyl (C=O) groups excluding carboxylic acids is 1. The molecule has 3 N–H and O–H groups in total. The number of aliphatic imine (C=N–C) groups is 1. The Morgan fingerprint density at radius 3 is 2.60 bits per heavy atom. The highest BCUT2D eigenvalue weighted by Gasteiger charge is 2.06. The van der Waals surface area contributed by atoms with Gasteiger partial charge in [0.25, 0.3) is 5.91 Å². The van der Waals surface area contributed by atoms with E-state index in [1.165, 1.54) is 11.1 Å². The molecule has 0 saturated carbocycles. The van der Waals surface area contributed by atoms with Crippen LogP contribution in [-0.2, 0) is 13.0 Å². The normalized spacial score (nSPS) is 11.1. The molecule has 30 heavy (non-hydrogen) atoms. The Kier molecular flexibility index (Phi) is 9.71. The summed E-state index contributed by atoms with van der Waals surface area (Å²) >= 11 is 0. The van der Waals surface area contributed by atoms with Crippen LogP contribution in [0.15, 0.2) is 47.5 Å². The van der Waals surface area contributed by atoms with Crippen LogP contribution in [0.4, 0.5) is 0 Å². The van der Waals surface area contributed by atoms with Crippen molar-refractivity contribution in [2.24, 2.45) is 4.99 Å². The molecule has 2 aromatic rings. The van der Waals surface area contributed by atoms with E-state index in [-0.39, 0.29) is 5.91 Å². The number of aryl methyl sites for hydroxylation is 1. The molecule has 162 valence electrons. The van der Waals surface area contributed by atoms with Crippen molar-refractivity contribution in [3.63, 3.8) is 0 Å². The van der Waals surface area contributed by atoms with Crippen molar-refractivity contribution in [3.05, 3.63) is 64.7 Å². The molecular weight excluding hydrogens is 376 g/mol. The molecule has 0 saturated heterocycles. The quantitative estimate of drug-likeness (QED) is 0.414. The first kappa shape index (κ1) is 23.3. The number of carbonyl (C=O) groups is 1. The van der Waals surface area contributed by atoms with Crippen molar-refractivity contribution < 1.29 is 9.53 Å². The van der Waals surface area contributed by atoms with Gasteiger partial charge in [-0.3, -0.25) is 4.79 Å². The van der Waals surface area contributed by atoms with Crippen LogP contribution < -0.4 is 20.7 Å². The molecule has 0 aliphatic rings. The van der Waals surface area contributed by atoms with Crippen molar-refractivity contribution in [1.82, 2.24) is 16.0 Å². The predicted octanol–water partition coefficient (Wildman–Crippen LogP) is 3.44. The van der Waals surface area contributed by atoms with Gasteiger partial charge in [0.15, 0.2) is 5.96 Å². The molecule has 0 bridgehead atoms. The van der Waals surface area contributed by atoms with Gasteiger partial charge >= 0.3 is 0 Å². The molecule has 6 heteroatoms. The fourth-order valence-electron chi connectivity index (χ4n) is 3.08. The highest BCUT2D eigenvalue weighted by atomic mass is 16.5. The molecule has 0 fully saturated rings. The van der Waals surface area contributed by atoms with Crippen LogP contribution in [0.1, 0.15) is 47.3 Å². The number of nitrogens with one attached hydrogen (secondary N) is 3. The second-order valence-electron chi connectivity index (χ2n) is 7.14. The summed E-state index contributed by atoms with van der Waals surface area (Å²) in [6.45, 7) is 8.86. The third kappa shape index (κ3) is 7.43. The maximum Gasteiger partial charge on any atom is 0.251 e. The van der Waals surface area contributed by atoms with E-state index >= 15 is 0 Å². The molecule has 2 rings (SSSR count). The van der Waals surface area contributed by atoms with Gasteiger partial charge in [-0.25, -0.2) is 4.99 Å². The molecule has 0 heterocycles. The minimum absolute atomic E-state index is 0.0418. The Bertz CT molecular complexity index is 849. The van der Waals surface area contributed by atoms with Gasteiger partial charge in [-0.1, -0.05) is 36.8 Å². The number of hydrogen-bond donors (Lipinski definition) is 3. The van der Waals surface area contributed by atoms with Gasteiger partial charge in [-0.2, -0.15) is 0 Å². The summed E-state index contributed by atoms with van der Waals surface area (Å²) in [6.07, 6.45) is 1.75. The second kappa shape index (κ2) is 12.5. The summed E-state index contributed by atoms with van der Waals surface area (Å²) in [7, 11) is 1.70. The van der Waals surface area contributed by atoms with E-state index in [9.17, 15) is 4.79 Å².